The first-order chi connectivity index (χ1) is 9.47. The van der Waals surface area contributed by atoms with Gasteiger partial charge in [0.1, 0.15) is 0 Å². The number of nitrogen functional groups attached to an aromatic ring is 1. The fourth-order valence-electron chi connectivity index (χ4n) is 2.97. The summed E-state index contributed by atoms with van der Waals surface area (Å²) in [5.74, 6) is 0.793. The van der Waals surface area contributed by atoms with Crippen molar-refractivity contribution in [1.29, 1.82) is 0 Å². The number of amides is 1. The quantitative estimate of drug-likeness (QED) is 0.856. The summed E-state index contributed by atoms with van der Waals surface area (Å²) in [5.41, 5.74) is 9.29. The third kappa shape index (κ3) is 3.51. The number of likely N-dealkylation sites (tertiary alicyclic amines) is 1. The summed E-state index contributed by atoms with van der Waals surface area (Å²) >= 11 is 0. The molecular weight excluding hydrogens is 250 g/mol. The number of hydrogen-bond acceptors (Lipinski definition) is 3. The smallest absolute Gasteiger partial charge is 0.236 e. The second kappa shape index (κ2) is 6.27. The first kappa shape index (κ1) is 14.9. The minimum Gasteiger partial charge on any atom is -0.399 e. The van der Waals surface area contributed by atoms with Crippen molar-refractivity contribution in [2.75, 3.05) is 39.5 Å². The molecule has 0 aliphatic carbocycles. The first-order valence-corrected chi connectivity index (χ1v) is 7.26. The number of nitrogens with two attached hydrogens (primary N) is 1. The molecule has 1 saturated heterocycles. The van der Waals surface area contributed by atoms with Gasteiger partial charge < -0.3 is 15.5 Å². The summed E-state index contributed by atoms with van der Waals surface area (Å²) in [5, 5.41) is 0. The summed E-state index contributed by atoms with van der Waals surface area (Å²) in [4.78, 5) is 15.9. The summed E-state index contributed by atoms with van der Waals surface area (Å²) in [6, 6.07) is 6.16. The molecule has 1 aliphatic rings. The number of hydrogen-bond donors (Lipinski definition) is 1. The molecule has 0 bridgehead atoms. The third-order valence-corrected chi connectivity index (χ3v) is 4.03. The fourth-order valence-corrected chi connectivity index (χ4v) is 2.97. The second-order valence-electron chi connectivity index (χ2n) is 6.01. The number of rotatable bonds is 3. The molecule has 4 heteroatoms. The van der Waals surface area contributed by atoms with Crippen molar-refractivity contribution < 1.29 is 4.79 Å². The highest BCUT2D eigenvalue weighted by Gasteiger charge is 2.24. The van der Waals surface area contributed by atoms with E-state index in [1.165, 1.54) is 11.1 Å². The lowest BCUT2D eigenvalue weighted by atomic mass is 9.86. The standard InChI is InChI=1S/C16H25N3O/c1-12-10-14(17)4-5-15(12)13-6-8-19(9-7-13)16(20)11-18(2)3/h4-5,10,13H,6-9,11,17H2,1-3H3. The lowest BCUT2D eigenvalue weighted by molar-refractivity contribution is -0.132. The van der Waals surface area contributed by atoms with Crippen molar-refractivity contribution in [2.24, 2.45) is 0 Å². The molecule has 1 heterocycles. The Morgan fingerprint density at radius 1 is 1.35 bits per heavy atom. The molecule has 0 saturated carbocycles. The van der Waals surface area contributed by atoms with Gasteiger partial charge in [0.15, 0.2) is 0 Å². The van der Waals surface area contributed by atoms with Crippen molar-refractivity contribution in [3.8, 4) is 0 Å². The maximum Gasteiger partial charge on any atom is 0.236 e. The molecule has 0 atom stereocenters. The van der Waals surface area contributed by atoms with Crippen LogP contribution in [0.1, 0.15) is 29.9 Å². The molecule has 110 valence electrons. The highest BCUT2D eigenvalue weighted by molar-refractivity contribution is 5.78. The second-order valence-corrected chi connectivity index (χ2v) is 6.01. The van der Waals surface area contributed by atoms with Crippen LogP contribution in [-0.2, 0) is 4.79 Å². The highest BCUT2D eigenvalue weighted by atomic mass is 16.2. The van der Waals surface area contributed by atoms with Gasteiger partial charge in [-0.3, -0.25) is 4.79 Å². The van der Waals surface area contributed by atoms with Crippen LogP contribution in [-0.4, -0.2) is 49.4 Å². The van der Waals surface area contributed by atoms with E-state index in [0.29, 0.717) is 12.5 Å². The molecular formula is C16H25N3O. The summed E-state index contributed by atoms with van der Waals surface area (Å²) < 4.78 is 0. The van der Waals surface area contributed by atoms with Crippen molar-refractivity contribution in [2.45, 2.75) is 25.7 Å². The van der Waals surface area contributed by atoms with Crippen molar-refractivity contribution >= 4 is 11.6 Å². The van der Waals surface area contributed by atoms with Crippen LogP contribution in [0, 0.1) is 6.92 Å². The van der Waals surface area contributed by atoms with Gasteiger partial charge in [0.05, 0.1) is 6.54 Å². The molecule has 1 fully saturated rings. The zero-order valence-electron chi connectivity index (χ0n) is 12.7. The number of likely N-dealkylation sites (N-methyl/N-ethyl adjacent to an activating group) is 1. The molecule has 1 amide bonds. The van der Waals surface area contributed by atoms with Crippen LogP contribution in [0.25, 0.3) is 0 Å². The van der Waals surface area contributed by atoms with E-state index in [-0.39, 0.29) is 5.91 Å². The molecule has 20 heavy (non-hydrogen) atoms. The van der Waals surface area contributed by atoms with Gasteiger partial charge in [-0.2, -0.15) is 0 Å². The lowest BCUT2D eigenvalue weighted by Crippen LogP contribution is -2.42. The normalized spacial score (nSPS) is 16.7. The minimum absolute atomic E-state index is 0.238. The Bertz CT molecular complexity index is 477. The van der Waals surface area contributed by atoms with Crippen LogP contribution in [0.4, 0.5) is 5.69 Å². The molecule has 2 rings (SSSR count). The summed E-state index contributed by atoms with van der Waals surface area (Å²) in [6.07, 6.45) is 2.09. The third-order valence-electron chi connectivity index (χ3n) is 4.03. The zero-order valence-corrected chi connectivity index (χ0v) is 12.7. The van der Waals surface area contributed by atoms with Gasteiger partial charge >= 0.3 is 0 Å². The number of aryl methyl sites for hydroxylation is 1. The summed E-state index contributed by atoms with van der Waals surface area (Å²) in [7, 11) is 3.87. The Labute approximate surface area is 121 Å². The van der Waals surface area contributed by atoms with Gasteiger partial charge in [0.2, 0.25) is 5.91 Å². The van der Waals surface area contributed by atoms with Crippen LogP contribution < -0.4 is 5.73 Å². The van der Waals surface area contributed by atoms with Gasteiger partial charge in [-0.15, -0.1) is 0 Å². The predicted molar refractivity (Wildman–Crippen MR) is 82.7 cm³/mol. The van der Waals surface area contributed by atoms with Crippen molar-refractivity contribution in [1.82, 2.24) is 9.80 Å². The number of benzene rings is 1. The van der Waals surface area contributed by atoms with E-state index in [9.17, 15) is 4.79 Å². The molecule has 1 aromatic carbocycles. The Hall–Kier alpha value is -1.55. The van der Waals surface area contributed by atoms with E-state index in [1.807, 2.05) is 36.0 Å². The van der Waals surface area contributed by atoms with Crippen LogP contribution >= 0.6 is 0 Å². The minimum atomic E-state index is 0.238. The number of carbonyl (C=O) groups is 1. The average Bonchev–Trinajstić information content (AvgIpc) is 2.38. The number of piperidine rings is 1. The Kier molecular flexibility index (Phi) is 4.65. The molecule has 1 aromatic rings. The van der Waals surface area contributed by atoms with E-state index in [4.69, 9.17) is 5.73 Å². The monoisotopic (exact) mass is 275 g/mol. The number of anilines is 1. The van der Waals surface area contributed by atoms with E-state index in [0.717, 1.165) is 31.6 Å². The van der Waals surface area contributed by atoms with E-state index >= 15 is 0 Å². The topological polar surface area (TPSA) is 49.6 Å². The Morgan fingerprint density at radius 2 is 2.00 bits per heavy atom. The van der Waals surface area contributed by atoms with Gasteiger partial charge in [0.25, 0.3) is 0 Å². The largest absolute Gasteiger partial charge is 0.399 e. The van der Waals surface area contributed by atoms with Gasteiger partial charge in [-0.05, 0) is 63.0 Å². The molecule has 0 aromatic heterocycles. The van der Waals surface area contributed by atoms with Crippen molar-refractivity contribution in [3.63, 3.8) is 0 Å². The molecule has 0 spiro atoms. The van der Waals surface area contributed by atoms with Crippen LogP contribution in [0.5, 0.6) is 0 Å². The lowest BCUT2D eigenvalue weighted by Gasteiger charge is -2.33. The first-order valence-electron chi connectivity index (χ1n) is 7.26. The van der Waals surface area contributed by atoms with Crippen LogP contribution in [0.3, 0.4) is 0 Å². The molecule has 0 unspecified atom stereocenters. The van der Waals surface area contributed by atoms with E-state index < -0.39 is 0 Å². The number of carbonyl (C=O) groups excluding carboxylic acids is 1. The van der Waals surface area contributed by atoms with E-state index in [1.54, 1.807) is 0 Å². The predicted octanol–water partition coefficient (Wildman–Crippen LogP) is 1.84. The summed E-state index contributed by atoms with van der Waals surface area (Å²) in [6.45, 7) is 4.35. The zero-order chi connectivity index (χ0) is 14.7. The molecule has 1 aliphatic heterocycles. The average molecular weight is 275 g/mol. The number of nitrogens with zero attached hydrogens (tertiary/aromatic N) is 2. The van der Waals surface area contributed by atoms with E-state index in [2.05, 4.69) is 13.0 Å². The molecule has 4 nitrogen and oxygen atoms in total. The SMILES string of the molecule is Cc1cc(N)ccc1C1CCN(C(=O)CN(C)C)CC1. The molecule has 0 radical (unpaired) electrons. The maximum absolute atomic E-state index is 12.0. The molecule has 2 N–H and O–H groups in total. The Morgan fingerprint density at radius 3 is 2.55 bits per heavy atom. The van der Waals surface area contributed by atoms with Crippen LogP contribution in [0.15, 0.2) is 18.2 Å². The van der Waals surface area contributed by atoms with Crippen molar-refractivity contribution in [3.05, 3.63) is 29.3 Å². The Balaban J connectivity index is 1.95. The van der Waals surface area contributed by atoms with Gasteiger partial charge in [-0.25, -0.2) is 0 Å². The van der Waals surface area contributed by atoms with Crippen LogP contribution in [0.2, 0.25) is 0 Å². The highest BCUT2D eigenvalue weighted by Crippen LogP contribution is 2.31. The van der Waals surface area contributed by atoms with Gasteiger partial charge in [-0.1, -0.05) is 6.07 Å². The fraction of sp³-hybridized carbons (Fsp3) is 0.562. The van der Waals surface area contributed by atoms with Gasteiger partial charge in [0, 0.05) is 18.8 Å². The maximum atomic E-state index is 12.0.